The summed E-state index contributed by atoms with van der Waals surface area (Å²) < 4.78 is 33.2. The minimum atomic E-state index is -3.92. The lowest BCUT2D eigenvalue weighted by atomic mass is 10.5. The van der Waals surface area contributed by atoms with Crippen molar-refractivity contribution in [2.75, 3.05) is 4.72 Å². The van der Waals surface area contributed by atoms with Crippen molar-refractivity contribution in [3.63, 3.8) is 0 Å². The van der Waals surface area contributed by atoms with Gasteiger partial charge in [-0.2, -0.15) is 8.42 Å². The van der Waals surface area contributed by atoms with Gasteiger partial charge in [0.25, 0.3) is 10.0 Å². The van der Waals surface area contributed by atoms with Crippen molar-refractivity contribution in [3.8, 4) is 0 Å². The van der Waals surface area contributed by atoms with Crippen molar-refractivity contribution < 1.29 is 12.9 Å². The van der Waals surface area contributed by atoms with Crippen LogP contribution >= 0.6 is 11.6 Å². The normalized spacial score (nSPS) is 11.9. The molecule has 0 radical (unpaired) electrons. The van der Waals surface area contributed by atoms with E-state index < -0.39 is 10.0 Å². The molecule has 3 aromatic heterocycles. The first kappa shape index (κ1) is 12.9. The number of hydrogen-bond donors (Lipinski definition) is 1. The van der Waals surface area contributed by atoms with Gasteiger partial charge in [0.2, 0.25) is 0 Å². The van der Waals surface area contributed by atoms with Crippen molar-refractivity contribution in [1.82, 2.24) is 14.5 Å². The summed E-state index contributed by atoms with van der Waals surface area (Å²) in [5, 5.41) is 3.33. The molecule has 1 N–H and O–H groups in total. The molecule has 0 saturated carbocycles. The van der Waals surface area contributed by atoms with E-state index in [-0.39, 0.29) is 16.0 Å². The zero-order valence-corrected chi connectivity index (χ0v) is 11.8. The van der Waals surface area contributed by atoms with E-state index in [0.29, 0.717) is 11.4 Å². The maximum Gasteiger partial charge on any atom is 0.282 e. The number of aryl methyl sites for hydroxylation is 1. The smallest absolute Gasteiger partial charge is 0.282 e. The molecule has 0 aliphatic rings. The van der Waals surface area contributed by atoms with E-state index in [9.17, 15) is 8.42 Å². The predicted octanol–water partition coefficient (Wildman–Crippen LogP) is 2.08. The zero-order valence-electron chi connectivity index (χ0n) is 10.2. The lowest BCUT2D eigenvalue weighted by molar-refractivity contribution is 0.400. The molecule has 0 atom stereocenters. The van der Waals surface area contributed by atoms with Gasteiger partial charge in [0.15, 0.2) is 16.0 Å². The third-order valence-electron chi connectivity index (χ3n) is 2.57. The molecule has 0 amide bonds. The summed E-state index contributed by atoms with van der Waals surface area (Å²) in [5.74, 6) is 0.580. The van der Waals surface area contributed by atoms with Gasteiger partial charge in [0, 0.05) is 12.3 Å². The Balaban J connectivity index is 2.11. The van der Waals surface area contributed by atoms with E-state index in [2.05, 4.69) is 14.9 Å². The summed E-state index contributed by atoms with van der Waals surface area (Å²) in [6.07, 6.45) is 1.57. The van der Waals surface area contributed by atoms with Crippen LogP contribution in [0, 0.1) is 6.92 Å². The quantitative estimate of drug-likeness (QED) is 0.799. The zero-order chi connectivity index (χ0) is 14.3. The van der Waals surface area contributed by atoms with E-state index >= 15 is 0 Å². The number of halogens is 1. The van der Waals surface area contributed by atoms with Gasteiger partial charge in [0.1, 0.15) is 11.4 Å². The fourth-order valence-electron chi connectivity index (χ4n) is 1.79. The monoisotopic (exact) mass is 312 g/mol. The topological polar surface area (TPSA) is 89.5 Å². The van der Waals surface area contributed by atoms with Gasteiger partial charge in [-0.1, -0.05) is 22.8 Å². The van der Waals surface area contributed by atoms with Gasteiger partial charge in [-0.15, -0.1) is 0 Å². The molecule has 0 aliphatic heterocycles. The fraction of sp³-hybridized carbons (Fsp3) is 0.0909. The third-order valence-corrected chi connectivity index (χ3v) is 4.32. The fourth-order valence-corrected chi connectivity index (χ4v) is 3.42. The van der Waals surface area contributed by atoms with Crippen LogP contribution in [-0.2, 0) is 10.0 Å². The van der Waals surface area contributed by atoms with Gasteiger partial charge >= 0.3 is 0 Å². The molecule has 0 aliphatic carbocycles. The standard InChI is InChI=1S/C11H9ClN4O3S/c1-7-6-8(14-19-7)15-20(17,18)11-10(12)13-9-4-2-3-5-16(9)11/h2-6H,1H3,(H,14,15). The molecule has 3 heterocycles. The van der Waals surface area contributed by atoms with Crippen LogP contribution in [0.4, 0.5) is 5.82 Å². The Kier molecular flexibility index (Phi) is 2.91. The number of imidazole rings is 1. The van der Waals surface area contributed by atoms with Crippen LogP contribution < -0.4 is 4.72 Å². The summed E-state index contributed by atoms with van der Waals surface area (Å²) in [6, 6.07) is 6.55. The molecule has 20 heavy (non-hydrogen) atoms. The van der Waals surface area contributed by atoms with E-state index in [1.807, 2.05) is 0 Å². The Morgan fingerprint density at radius 3 is 2.90 bits per heavy atom. The summed E-state index contributed by atoms with van der Waals surface area (Å²) in [7, 11) is -3.92. The number of hydrogen-bond acceptors (Lipinski definition) is 5. The number of anilines is 1. The van der Waals surface area contributed by atoms with Gasteiger partial charge in [-0.3, -0.25) is 9.12 Å². The maximum atomic E-state index is 12.4. The molecule has 3 rings (SSSR count). The average molecular weight is 313 g/mol. The van der Waals surface area contributed by atoms with Crippen LogP contribution in [0.25, 0.3) is 5.65 Å². The Hall–Kier alpha value is -2.06. The Labute approximate surface area is 119 Å². The van der Waals surface area contributed by atoms with Crippen LogP contribution in [0.15, 0.2) is 40.0 Å². The Bertz CT molecular complexity index is 884. The van der Waals surface area contributed by atoms with Crippen molar-refractivity contribution >= 4 is 33.1 Å². The number of pyridine rings is 1. The highest BCUT2D eigenvalue weighted by atomic mass is 35.5. The summed E-state index contributed by atoms with van der Waals surface area (Å²) >= 11 is 5.93. The van der Waals surface area contributed by atoms with Crippen molar-refractivity contribution in [3.05, 3.63) is 41.4 Å². The molecule has 0 aromatic carbocycles. The second kappa shape index (κ2) is 4.50. The highest BCUT2D eigenvalue weighted by Crippen LogP contribution is 2.24. The van der Waals surface area contributed by atoms with Crippen LogP contribution in [0.2, 0.25) is 5.15 Å². The highest BCUT2D eigenvalue weighted by Gasteiger charge is 2.25. The van der Waals surface area contributed by atoms with E-state index in [1.165, 1.54) is 10.5 Å². The molecular formula is C11H9ClN4O3S. The molecule has 0 bridgehead atoms. The van der Waals surface area contributed by atoms with E-state index in [0.717, 1.165) is 0 Å². The number of nitrogens with zero attached hydrogens (tertiary/aromatic N) is 3. The molecule has 3 aromatic rings. The van der Waals surface area contributed by atoms with Gasteiger partial charge in [-0.05, 0) is 19.1 Å². The van der Waals surface area contributed by atoms with E-state index in [1.54, 1.807) is 31.3 Å². The molecule has 0 unspecified atom stereocenters. The molecule has 0 fully saturated rings. The molecular weight excluding hydrogens is 304 g/mol. The second-order valence-electron chi connectivity index (χ2n) is 4.06. The first-order valence-electron chi connectivity index (χ1n) is 5.56. The van der Waals surface area contributed by atoms with Gasteiger partial charge < -0.3 is 4.52 Å². The van der Waals surface area contributed by atoms with Crippen LogP contribution in [0.3, 0.4) is 0 Å². The molecule has 0 saturated heterocycles. The lowest BCUT2D eigenvalue weighted by Gasteiger charge is -2.04. The summed E-state index contributed by atoms with van der Waals surface area (Å²) in [5.41, 5.74) is 0.439. The number of nitrogens with one attached hydrogen (secondary N) is 1. The summed E-state index contributed by atoms with van der Waals surface area (Å²) in [6.45, 7) is 1.66. The van der Waals surface area contributed by atoms with Gasteiger partial charge in [-0.25, -0.2) is 4.98 Å². The van der Waals surface area contributed by atoms with Crippen LogP contribution in [0.5, 0.6) is 0 Å². The Morgan fingerprint density at radius 2 is 2.20 bits per heavy atom. The van der Waals surface area contributed by atoms with Crippen LogP contribution in [0.1, 0.15) is 5.76 Å². The van der Waals surface area contributed by atoms with Crippen LogP contribution in [-0.4, -0.2) is 23.0 Å². The molecule has 104 valence electrons. The molecule has 9 heteroatoms. The summed E-state index contributed by atoms with van der Waals surface area (Å²) in [4.78, 5) is 3.99. The lowest BCUT2D eigenvalue weighted by Crippen LogP contribution is -2.15. The SMILES string of the molecule is Cc1cc(NS(=O)(=O)c2c(Cl)nc3ccccn23)no1. The Morgan fingerprint density at radius 1 is 1.40 bits per heavy atom. The highest BCUT2D eigenvalue weighted by molar-refractivity contribution is 7.92. The molecule has 0 spiro atoms. The number of rotatable bonds is 3. The number of fused-ring (bicyclic) bond motifs is 1. The minimum absolute atomic E-state index is 0.0875. The van der Waals surface area contributed by atoms with E-state index in [4.69, 9.17) is 16.1 Å². The number of aromatic nitrogens is 3. The third kappa shape index (κ3) is 2.12. The number of sulfonamides is 1. The molecule has 7 nitrogen and oxygen atoms in total. The second-order valence-corrected chi connectivity index (χ2v) is 6.02. The first-order chi connectivity index (χ1) is 9.47. The van der Waals surface area contributed by atoms with Gasteiger partial charge in [0.05, 0.1) is 0 Å². The minimum Gasteiger partial charge on any atom is -0.360 e. The predicted molar refractivity (Wildman–Crippen MR) is 72.3 cm³/mol. The largest absolute Gasteiger partial charge is 0.360 e. The van der Waals surface area contributed by atoms with Crippen molar-refractivity contribution in [1.29, 1.82) is 0 Å². The van der Waals surface area contributed by atoms with Crippen molar-refractivity contribution in [2.24, 2.45) is 0 Å². The average Bonchev–Trinajstić information content (AvgIpc) is 2.91. The van der Waals surface area contributed by atoms with Crippen molar-refractivity contribution in [2.45, 2.75) is 11.9 Å². The first-order valence-corrected chi connectivity index (χ1v) is 7.42. The maximum absolute atomic E-state index is 12.4.